The maximum atomic E-state index is 6.79. The van der Waals surface area contributed by atoms with Crippen molar-refractivity contribution in [3.63, 3.8) is 0 Å². The Morgan fingerprint density at radius 2 is 1.85 bits per heavy atom. The normalized spacial score (nSPS) is 28.0. The zero-order valence-electron chi connectivity index (χ0n) is 16.9. The minimum Gasteiger partial charge on any atom is -0.407 e. The summed E-state index contributed by atoms with van der Waals surface area (Å²) in [5, 5.41) is 4.39. The standard InChI is InChI=1S/C20H34ClN3OSi/c1-6-26(7-2,8-3)25-18(19-17(21)11-22-13-24-19)12-23-14-9-15-16(10-14)20(15,4)5/h11,13-16,18,23H,6-10,12H2,1-5H3/t14-,15+,16-,18?. The second-order valence-corrected chi connectivity index (χ2v) is 13.8. The highest BCUT2D eigenvalue weighted by Gasteiger charge is 2.61. The molecule has 1 heterocycles. The third-order valence-electron chi connectivity index (χ3n) is 7.28. The van der Waals surface area contributed by atoms with Crippen LogP contribution in [-0.2, 0) is 4.43 Å². The van der Waals surface area contributed by atoms with Crippen LogP contribution in [0.3, 0.4) is 0 Å². The fourth-order valence-electron chi connectivity index (χ4n) is 5.00. The van der Waals surface area contributed by atoms with Crippen molar-refractivity contribution in [2.24, 2.45) is 17.3 Å². The summed E-state index contributed by atoms with van der Waals surface area (Å²) in [6.45, 7) is 12.4. The Morgan fingerprint density at radius 1 is 1.23 bits per heavy atom. The van der Waals surface area contributed by atoms with Gasteiger partial charge in [-0.05, 0) is 48.2 Å². The first-order valence-corrected chi connectivity index (χ1v) is 13.1. The summed E-state index contributed by atoms with van der Waals surface area (Å²) in [4.78, 5) is 8.52. The fraction of sp³-hybridized carbons (Fsp3) is 0.800. The quantitative estimate of drug-likeness (QED) is 0.582. The predicted octanol–water partition coefficient (Wildman–Crippen LogP) is 5.22. The molecule has 0 aromatic carbocycles. The van der Waals surface area contributed by atoms with Crippen LogP contribution in [0.4, 0.5) is 0 Å². The number of nitrogens with one attached hydrogen (secondary N) is 1. The molecule has 4 atom stereocenters. The molecule has 2 aliphatic rings. The molecule has 1 unspecified atom stereocenters. The highest BCUT2D eigenvalue weighted by Crippen LogP contribution is 2.66. The van der Waals surface area contributed by atoms with Gasteiger partial charge in [0.2, 0.25) is 0 Å². The largest absolute Gasteiger partial charge is 0.407 e. The van der Waals surface area contributed by atoms with E-state index in [0.717, 1.165) is 42.2 Å². The Hall–Kier alpha value is -0.493. The molecule has 0 spiro atoms. The van der Waals surface area contributed by atoms with Crippen LogP contribution in [0.25, 0.3) is 0 Å². The van der Waals surface area contributed by atoms with Gasteiger partial charge in [0.05, 0.1) is 10.7 Å². The molecule has 0 amide bonds. The Kier molecular flexibility index (Phi) is 6.12. The number of fused-ring (bicyclic) bond motifs is 1. The second kappa shape index (κ2) is 7.86. The van der Waals surface area contributed by atoms with Crippen molar-refractivity contribution in [2.45, 2.75) is 77.7 Å². The summed E-state index contributed by atoms with van der Waals surface area (Å²) < 4.78 is 6.79. The lowest BCUT2D eigenvalue weighted by atomic mass is 9.98. The summed E-state index contributed by atoms with van der Waals surface area (Å²) in [5.41, 5.74) is 1.41. The zero-order chi connectivity index (χ0) is 18.9. The molecule has 146 valence electrons. The van der Waals surface area contributed by atoms with Gasteiger partial charge in [0.1, 0.15) is 12.4 Å². The molecule has 0 bridgehead atoms. The molecule has 1 aromatic heterocycles. The molecule has 1 N–H and O–H groups in total. The Balaban J connectivity index is 1.69. The van der Waals surface area contributed by atoms with E-state index in [9.17, 15) is 0 Å². The summed E-state index contributed by atoms with van der Waals surface area (Å²) >= 11 is 6.42. The number of hydrogen-bond acceptors (Lipinski definition) is 4. The van der Waals surface area contributed by atoms with Gasteiger partial charge >= 0.3 is 0 Å². The average molecular weight is 396 g/mol. The molecule has 2 saturated carbocycles. The smallest absolute Gasteiger partial charge is 0.193 e. The highest BCUT2D eigenvalue weighted by atomic mass is 35.5. The molecule has 0 aliphatic heterocycles. The third kappa shape index (κ3) is 3.86. The van der Waals surface area contributed by atoms with Crippen molar-refractivity contribution in [3.05, 3.63) is 23.2 Å². The van der Waals surface area contributed by atoms with Gasteiger partial charge in [0, 0.05) is 18.8 Å². The van der Waals surface area contributed by atoms with E-state index in [4.69, 9.17) is 16.0 Å². The SMILES string of the molecule is CC[Si](CC)(CC)OC(CN[C@H]1C[C@@H]2[C@H](C1)C2(C)C)c1ncncc1Cl. The summed E-state index contributed by atoms with van der Waals surface area (Å²) in [7, 11) is -1.75. The molecule has 0 saturated heterocycles. The Bertz CT molecular complexity index is 601. The first-order chi connectivity index (χ1) is 12.4. The van der Waals surface area contributed by atoms with E-state index < -0.39 is 8.32 Å². The van der Waals surface area contributed by atoms with Gasteiger partial charge in [0.15, 0.2) is 8.32 Å². The molecular formula is C20H34ClN3OSi. The van der Waals surface area contributed by atoms with E-state index in [2.05, 4.69) is 49.9 Å². The topological polar surface area (TPSA) is 47.0 Å². The summed E-state index contributed by atoms with van der Waals surface area (Å²) in [5.74, 6) is 1.80. The molecular weight excluding hydrogens is 362 g/mol. The van der Waals surface area contributed by atoms with Crippen LogP contribution in [0.2, 0.25) is 23.2 Å². The van der Waals surface area contributed by atoms with E-state index in [1.165, 1.54) is 12.8 Å². The molecule has 6 heteroatoms. The van der Waals surface area contributed by atoms with Crippen molar-refractivity contribution < 1.29 is 4.43 Å². The van der Waals surface area contributed by atoms with Crippen molar-refractivity contribution in [3.8, 4) is 0 Å². The Morgan fingerprint density at radius 3 is 2.38 bits per heavy atom. The van der Waals surface area contributed by atoms with E-state index in [-0.39, 0.29) is 6.10 Å². The molecule has 4 nitrogen and oxygen atoms in total. The number of hydrogen-bond donors (Lipinski definition) is 1. The Labute approximate surface area is 164 Å². The van der Waals surface area contributed by atoms with Gasteiger partial charge < -0.3 is 9.74 Å². The van der Waals surface area contributed by atoms with E-state index in [0.29, 0.717) is 16.5 Å². The van der Waals surface area contributed by atoms with Gasteiger partial charge in [-0.3, -0.25) is 0 Å². The van der Waals surface area contributed by atoms with E-state index >= 15 is 0 Å². The van der Waals surface area contributed by atoms with Crippen LogP contribution in [0, 0.1) is 17.3 Å². The fourth-order valence-corrected chi connectivity index (χ4v) is 8.02. The molecule has 26 heavy (non-hydrogen) atoms. The lowest BCUT2D eigenvalue weighted by Gasteiger charge is -2.34. The lowest BCUT2D eigenvalue weighted by Crippen LogP contribution is -2.41. The van der Waals surface area contributed by atoms with Crippen LogP contribution < -0.4 is 5.32 Å². The van der Waals surface area contributed by atoms with Crippen LogP contribution in [0.15, 0.2) is 12.5 Å². The third-order valence-corrected chi connectivity index (χ3v) is 12.2. The molecule has 3 rings (SSSR count). The number of nitrogens with zero attached hydrogens (tertiary/aromatic N) is 2. The van der Waals surface area contributed by atoms with Crippen molar-refractivity contribution in [1.82, 2.24) is 15.3 Å². The first-order valence-electron chi connectivity index (χ1n) is 10.2. The van der Waals surface area contributed by atoms with Gasteiger partial charge in [-0.2, -0.15) is 0 Å². The molecule has 0 radical (unpaired) electrons. The molecule has 2 fully saturated rings. The van der Waals surface area contributed by atoms with Crippen LogP contribution in [-0.4, -0.2) is 30.9 Å². The molecule has 1 aromatic rings. The minimum absolute atomic E-state index is 0.0815. The first kappa shape index (κ1) is 20.2. The van der Waals surface area contributed by atoms with Crippen LogP contribution in [0.1, 0.15) is 59.3 Å². The highest BCUT2D eigenvalue weighted by molar-refractivity contribution is 6.73. The summed E-state index contributed by atoms with van der Waals surface area (Å²) in [6, 6.07) is 3.98. The van der Waals surface area contributed by atoms with Gasteiger partial charge in [-0.25, -0.2) is 9.97 Å². The number of rotatable bonds is 9. The molecule has 2 aliphatic carbocycles. The number of halogens is 1. The monoisotopic (exact) mass is 395 g/mol. The second-order valence-electron chi connectivity index (χ2n) is 8.72. The van der Waals surface area contributed by atoms with Gasteiger partial charge in [-0.1, -0.05) is 46.2 Å². The maximum absolute atomic E-state index is 6.79. The maximum Gasteiger partial charge on any atom is 0.193 e. The average Bonchev–Trinajstić information content (AvgIpc) is 2.99. The van der Waals surface area contributed by atoms with E-state index in [1.807, 2.05) is 0 Å². The van der Waals surface area contributed by atoms with E-state index in [1.54, 1.807) is 12.5 Å². The lowest BCUT2D eigenvalue weighted by molar-refractivity contribution is 0.174. The van der Waals surface area contributed by atoms with Gasteiger partial charge in [0.25, 0.3) is 0 Å². The zero-order valence-corrected chi connectivity index (χ0v) is 18.6. The summed E-state index contributed by atoms with van der Waals surface area (Å²) in [6.07, 6.45) is 5.76. The van der Waals surface area contributed by atoms with Crippen molar-refractivity contribution in [2.75, 3.05) is 6.54 Å². The minimum atomic E-state index is -1.75. The predicted molar refractivity (Wildman–Crippen MR) is 110 cm³/mol. The van der Waals surface area contributed by atoms with Crippen molar-refractivity contribution >= 4 is 19.9 Å². The van der Waals surface area contributed by atoms with Crippen LogP contribution in [0.5, 0.6) is 0 Å². The van der Waals surface area contributed by atoms with Crippen molar-refractivity contribution in [1.29, 1.82) is 0 Å². The van der Waals surface area contributed by atoms with Gasteiger partial charge in [-0.15, -0.1) is 0 Å². The van der Waals surface area contributed by atoms with Crippen LogP contribution >= 0.6 is 11.6 Å². The number of aromatic nitrogens is 2.